The molecule has 2 N–H and O–H groups in total. The van der Waals surface area contributed by atoms with Crippen molar-refractivity contribution < 1.29 is 23.9 Å². The van der Waals surface area contributed by atoms with Crippen molar-refractivity contribution >= 4 is 23.3 Å². The molecule has 0 aliphatic rings. The van der Waals surface area contributed by atoms with Crippen molar-refractivity contribution in [1.82, 2.24) is 4.98 Å². The maximum absolute atomic E-state index is 12.0. The number of benzene rings is 2. The molecule has 2 aromatic carbocycles. The molecule has 0 saturated carbocycles. The van der Waals surface area contributed by atoms with Gasteiger partial charge in [-0.2, -0.15) is 0 Å². The Bertz CT molecular complexity index is 978. The minimum absolute atomic E-state index is 0.111. The zero-order chi connectivity index (χ0) is 19.9. The van der Waals surface area contributed by atoms with Crippen LogP contribution in [0.15, 0.2) is 66.9 Å². The second-order valence-electron chi connectivity index (χ2n) is 5.92. The number of H-pyrrole nitrogens is 1. The molecule has 1 heterocycles. The van der Waals surface area contributed by atoms with E-state index in [-0.39, 0.29) is 11.5 Å². The van der Waals surface area contributed by atoms with Crippen molar-refractivity contribution in [1.29, 1.82) is 0 Å². The summed E-state index contributed by atoms with van der Waals surface area (Å²) in [6, 6.07) is 17.5. The molecule has 0 radical (unpaired) electrons. The molecular formula is C21H18N2O5. The van der Waals surface area contributed by atoms with E-state index >= 15 is 0 Å². The molecular weight excluding hydrogens is 360 g/mol. The minimum Gasteiger partial charge on any atom is -0.457 e. The molecule has 1 amide bonds. The molecule has 3 aromatic rings. The number of ketones is 1. The van der Waals surface area contributed by atoms with Gasteiger partial charge >= 0.3 is 5.97 Å². The van der Waals surface area contributed by atoms with Gasteiger partial charge in [-0.3, -0.25) is 9.59 Å². The maximum atomic E-state index is 12.0. The lowest BCUT2D eigenvalue weighted by atomic mass is 10.2. The first-order valence-electron chi connectivity index (χ1n) is 8.50. The minimum atomic E-state index is -0.714. The second-order valence-corrected chi connectivity index (χ2v) is 5.92. The van der Waals surface area contributed by atoms with E-state index in [0.717, 1.165) is 0 Å². The number of para-hydroxylation sites is 1. The van der Waals surface area contributed by atoms with Crippen LogP contribution in [0.25, 0.3) is 0 Å². The van der Waals surface area contributed by atoms with E-state index in [9.17, 15) is 14.4 Å². The fourth-order valence-corrected chi connectivity index (χ4v) is 2.35. The summed E-state index contributed by atoms with van der Waals surface area (Å²) in [6.45, 7) is 0.942. The van der Waals surface area contributed by atoms with Crippen LogP contribution in [0.5, 0.6) is 11.5 Å². The van der Waals surface area contributed by atoms with Crippen molar-refractivity contribution in [3.8, 4) is 11.5 Å². The summed E-state index contributed by atoms with van der Waals surface area (Å²) in [4.78, 5) is 37.7. The van der Waals surface area contributed by atoms with Crippen LogP contribution in [0.4, 0.5) is 5.69 Å². The molecule has 0 saturated heterocycles. The summed E-state index contributed by atoms with van der Waals surface area (Å²) in [7, 11) is 0. The summed E-state index contributed by atoms with van der Waals surface area (Å²) in [6.07, 6.45) is 1.41. The van der Waals surface area contributed by atoms with Crippen LogP contribution in [-0.4, -0.2) is 29.3 Å². The molecule has 0 bridgehead atoms. The van der Waals surface area contributed by atoms with E-state index in [1.54, 1.807) is 24.3 Å². The summed E-state index contributed by atoms with van der Waals surface area (Å²) in [5.41, 5.74) is 1.02. The number of ether oxygens (including phenoxy) is 2. The van der Waals surface area contributed by atoms with Crippen LogP contribution >= 0.6 is 0 Å². The van der Waals surface area contributed by atoms with Gasteiger partial charge in [0.05, 0.1) is 0 Å². The number of carbonyl (C=O) groups is 3. The van der Waals surface area contributed by atoms with Gasteiger partial charge in [0.25, 0.3) is 5.91 Å². The van der Waals surface area contributed by atoms with Gasteiger partial charge in [0.1, 0.15) is 17.2 Å². The Labute approximate surface area is 161 Å². The topological polar surface area (TPSA) is 97.5 Å². The smallest absolute Gasteiger partial charge is 0.355 e. The van der Waals surface area contributed by atoms with Crippen molar-refractivity contribution in [2.75, 3.05) is 11.9 Å². The standard InChI is InChI=1S/C21H18N2O5/c1-14(24)15-11-19(22-12-15)21(26)27-13-20(25)23-16-7-9-18(10-8-16)28-17-5-3-2-4-6-17/h2-12,22H,13H2,1H3,(H,23,25). The first kappa shape index (κ1) is 18.9. The quantitative estimate of drug-likeness (QED) is 0.481. The number of hydrogen-bond acceptors (Lipinski definition) is 5. The number of hydrogen-bond donors (Lipinski definition) is 2. The zero-order valence-electron chi connectivity index (χ0n) is 15.1. The van der Waals surface area contributed by atoms with Gasteiger partial charge in [0.15, 0.2) is 12.4 Å². The van der Waals surface area contributed by atoms with Crippen LogP contribution in [0.2, 0.25) is 0 Å². The molecule has 7 heteroatoms. The van der Waals surface area contributed by atoms with Crippen LogP contribution in [0.3, 0.4) is 0 Å². The molecule has 28 heavy (non-hydrogen) atoms. The molecule has 0 unspecified atom stereocenters. The predicted molar refractivity (Wildman–Crippen MR) is 103 cm³/mol. The predicted octanol–water partition coefficient (Wildman–Crippen LogP) is 3.81. The Hall–Kier alpha value is -3.87. The summed E-state index contributed by atoms with van der Waals surface area (Å²) >= 11 is 0. The number of carbonyl (C=O) groups excluding carboxylic acids is 3. The summed E-state index contributed by atoms with van der Waals surface area (Å²) in [5.74, 6) is -0.0301. The fourth-order valence-electron chi connectivity index (χ4n) is 2.35. The zero-order valence-corrected chi connectivity index (χ0v) is 15.1. The van der Waals surface area contributed by atoms with Crippen LogP contribution in [0, 0.1) is 0 Å². The molecule has 3 rings (SSSR count). The fraction of sp³-hybridized carbons (Fsp3) is 0.0952. The third-order valence-corrected chi connectivity index (χ3v) is 3.76. The van der Waals surface area contributed by atoms with Gasteiger partial charge in [-0.05, 0) is 49.4 Å². The van der Waals surface area contributed by atoms with Crippen molar-refractivity contribution in [3.63, 3.8) is 0 Å². The third kappa shape index (κ3) is 5.07. The van der Waals surface area contributed by atoms with E-state index < -0.39 is 18.5 Å². The number of nitrogens with one attached hydrogen (secondary N) is 2. The lowest BCUT2D eigenvalue weighted by molar-refractivity contribution is -0.119. The highest BCUT2D eigenvalue weighted by Gasteiger charge is 2.14. The van der Waals surface area contributed by atoms with E-state index in [0.29, 0.717) is 22.7 Å². The number of anilines is 1. The lowest BCUT2D eigenvalue weighted by Gasteiger charge is -2.08. The highest BCUT2D eigenvalue weighted by atomic mass is 16.5. The Morgan fingerprint density at radius 1 is 0.964 bits per heavy atom. The Morgan fingerprint density at radius 2 is 1.64 bits per heavy atom. The first-order valence-corrected chi connectivity index (χ1v) is 8.50. The Kier molecular flexibility index (Phi) is 5.86. The Balaban J connectivity index is 1.49. The average molecular weight is 378 g/mol. The number of esters is 1. The third-order valence-electron chi connectivity index (χ3n) is 3.76. The second kappa shape index (κ2) is 8.68. The lowest BCUT2D eigenvalue weighted by Crippen LogP contribution is -2.21. The Morgan fingerprint density at radius 3 is 2.29 bits per heavy atom. The number of rotatable bonds is 7. The molecule has 0 aliphatic carbocycles. The average Bonchev–Trinajstić information content (AvgIpc) is 3.19. The van der Waals surface area contributed by atoms with Gasteiger partial charge in [-0.25, -0.2) is 4.79 Å². The van der Waals surface area contributed by atoms with Gasteiger partial charge in [0.2, 0.25) is 0 Å². The normalized spacial score (nSPS) is 10.2. The highest BCUT2D eigenvalue weighted by molar-refractivity contribution is 5.98. The van der Waals surface area contributed by atoms with E-state index in [1.807, 2.05) is 30.3 Å². The maximum Gasteiger partial charge on any atom is 0.355 e. The molecule has 142 valence electrons. The van der Waals surface area contributed by atoms with Gasteiger partial charge < -0.3 is 19.8 Å². The number of Topliss-reactive ketones (excluding diaryl/α,β-unsaturated/α-hetero) is 1. The van der Waals surface area contributed by atoms with Crippen molar-refractivity contribution in [2.45, 2.75) is 6.92 Å². The van der Waals surface area contributed by atoms with E-state index in [2.05, 4.69) is 10.3 Å². The van der Waals surface area contributed by atoms with Crippen LogP contribution in [0.1, 0.15) is 27.8 Å². The van der Waals surface area contributed by atoms with Gasteiger partial charge in [-0.1, -0.05) is 18.2 Å². The monoisotopic (exact) mass is 378 g/mol. The molecule has 0 aliphatic heterocycles. The summed E-state index contributed by atoms with van der Waals surface area (Å²) < 4.78 is 10.6. The first-order chi connectivity index (χ1) is 13.5. The summed E-state index contributed by atoms with van der Waals surface area (Å²) in [5, 5.41) is 2.63. The molecule has 1 aromatic heterocycles. The SMILES string of the molecule is CC(=O)c1c[nH]c(C(=O)OCC(=O)Nc2ccc(Oc3ccccc3)cc2)c1. The molecule has 0 atom stereocenters. The number of aromatic nitrogens is 1. The highest BCUT2D eigenvalue weighted by Crippen LogP contribution is 2.22. The van der Waals surface area contributed by atoms with Crippen molar-refractivity contribution in [3.05, 3.63) is 78.1 Å². The molecule has 7 nitrogen and oxygen atoms in total. The van der Waals surface area contributed by atoms with Crippen LogP contribution in [-0.2, 0) is 9.53 Å². The van der Waals surface area contributed by atoms with E-state index in [1.165, 1.54) is 19.2 Å². The van der Waals surface area contributed by atoms with Gasteiger partial charge in [0, 0.05) is 17.4 Å². The number of amides is 1. The molecule has 0 spiro atoms. The largest absolute Gasteiger partial charge is 0.457 e. The van der Waals surface area contributed by atoms with Crippen LogP contribution < -0.4 is 10.1 Å². The number of aromatic amines is 1. The van der Waals surface area contributed by atoms with Gasteiger partial charge in [-0.15, -0.1) is 0 Å². The molecule has 0 fully saturated rings. The van der Waals surface area contributed by atoms with Crippen molar-refractivity contribution in [2.24, 2.45) is 0 Å². The van der Waals surface area contributed by atoms with E-state index in [4.69, 9.17) is 9.47 Å².